The Hall–Kier alpha value is -2.67. The number of fused-ring (bicyclic) bond motifs is 2. The Balaban J connectivity index is 1.74. The van der Waals surface area contributed by atoms with Gasteiger partial charge in [0.2, 0.25) is 0 Å². The highest BCUT2D eigenvalue weighted by molar-refractivity contribution is 7.20. The van der Waals surface area contributed by atoms with Gasteiger partial charge in [0.15, 0.2) is 0 Å². The van der Waals surface area contributed by atoms with E-state index in [1.807, 2.05) is 44.3 Å². The van der Waals surface area contributed by atoms with Crippen LogP contribution in [0, 0.1) is 6.92 Å². The molecule has 6 nitrogen and oxygen atoms in total. The molecular formula is C18H17N3O3S. The summed E-state index contributed by atoms with van der Waals surface area (Å²) in [7, 11) is 1.84. The Morgan fingerprint density at radius 1 is 1.28 bits per heavy atom. The van der Waals surface area contributed by atoms with Gasteiger partial charge in [0.25, 0.3) is 5.91 Å². The average molecular weight is 355 g/mol. The van der Waals surface area contributed by atoms with Gasteiger partial charge in [0.05, 0.1) is 10.6 Å². The first-order valence-electron chi connectivity index (χ1n) is 7.99. The third kappa shape index (κ3) is 2.51. The van der Waals surface area contributed by atoms with Crippen LogP contribution in [-0.4, -0.2) is 37.7 Å². The number of hydrogen-bond donors (Lipinski definition) is 1. The quantitative estimate of drug-likeness (QED) is 0.767. The minimum absolute atomic E-state index is 0.234. The monoisotopic (exact) mass is 355 g/mol. The zero-order valence-electron chi connectivity index (χ0n) is 13.9. The summed E-state index contributed by atoms with van der Waals surface area (Å²) >= 11 is 1.36. The molecule has 0 radical (unpaired) electrons. The molecule has 4 rings (SSSR count). The Morgan fingerprint density at radius 2 is 2.00 bits per heavy atom. The van der Waals surface area contributed by atoms with Crippen molar-refractivity contribution in [3.63, 3.8) is 0 Å². The van der Waals surface area contributed by atoms with Crippen LogP contribution in [0.15, 0.2) is 30.3 Å². The maximum absolute atomic E-state index is 13.1. The number of hydrogen-bond acceptors (Lipinski definition) is 4. The fraction of sp³-hybridized carbons (Fsp3) is 0.278. The molecule has 0 saturated heterocycles. The molecule has 1 aromatic carbocycles. The van der Waals surface area contributed by atoms with Gasteiger partial charge in [-0.05, 0) is 24.1 Å². The number of carboxylic acid groups (broad SMARTS) is 1. The summed E-state index contributed by atoms with van der Waals surface area (Å²) in [6.07, 6.45) is 0.336. The lowest BCUT2D eigenvalue weighted by Gasteiger charge is -2.34. The highest BCUT2D eigenvalue weighted by Gasteiger charge is 2.35. The lowest BCUT2D eigenvalue weighted by molar-refractivity contribution is -0.142. The largest absolute Gasteiger partial charge is 0.480 e. The van der Waals surface area contributed by atoms with E-state index < -0.39 is 12.0 Å². The zero-order chi connectivity index (χ0) is 17.7. The molecule has 1 aliphatic heterocycles. The third-order valence-electron chi connectivity index (χ3n) is 4.70. The van der Waals surface area contributed by atoms with Crippen LogP contribution in [0.5, 0.6) is 0 Å². The van der Waals surface area contributed by atoms with Crippen LogP contribution in [0.25, 0.3) is 10.2 Å². The molecule has 3 aromatic rings. The number of carbonyl (C=O) groups is 2. The number of amides is 1. The van der Waals surface area contributed by atoms with Crippen LogP contribution in [-0.2, 0) is 24.8 Å². The van der Waals surface area contributed by atoms with Crippen LogP contribution >= 0.6 is 11.3 Å². The summed E-state index contributed by atoms with van der Waals surface area (Å²) in [4.78, 5) is 27.7. The zero-order valence-corrected chi connectivity index (χ0v) is 14.7. The highest BCUT2D eigenvalue weighted by Crippen LogP contribution is 2.31. The second-order valence-electron chi connectivity index (χ2n) is 6.30. The van der Waals surface area contributed by atoms with Crippen molar-refractivity contribution in [2.24, 2.45) is 7.05 Å². The van der Waals surface area contributed by atoms with Crippen molar-refractivity contribution < 1.29 is 14.7 Å². The third-order valence-corrected chi connectivity index (χ3v) is 5.89. The average Bonchev–Trinajstić information content (AvgIpc) is 3.15. The first-order valence-corrected chi connectivity index (χ1v) is 8.81. The molecule has 0 aliphatic carbocycles. The number of carbonyl (C=O) groups excluding carboxylic acids is 1. The van der Waals surface area contributed by atoms with Crippen molar-refractivity contribution in [1.82, 2.24) is 14.7 Å². The molecule has 0 spiro atoms. The summed E-state index contributed by atoms with van der Waals surface area (Å²) < 4.78 is 1.76. The molecule has 3 heterocycles. The summed E-state index contributed by atoms with van der Waals surface area (Å²) in [6, 6.07) is 8.68. The molecule has 2 aromatic heterocycles. The number of nitrogens with zero attached hydrogens (tertiary/aromatic N) is 3. The summed E-state index contributed by atoms with van der Waals surface area (Å²) in [5, 5.41) is 14.9. The lowest BCUT2D eigenvalue weighted by atomic mass is 9.94. The molecule has 1 unspecified atom stereocenters. The molecular weight excluding hydrogens is 338 g/mol. The van der Waals surface area contributed by atoms with Crippen LogP contribution in [0.1, 0.15) is 26.5 Å². The highest BCUT2D eigenvalue weighted by atomic mass is 32.1. The Kier molecular flexibility index (Phi) is 3.61. The number of aliphatic carboxylic acids is 1. The summed E-state index contributed by atoms with van der Waals surface area (Å²) in [5.41, 5.74) is 2.87. The van der Waals surface area contributed by atoms with Crippen molar-refractivity contribution in [2.45, 2.75) is 25.9 Å². The molecule has 0 bridgehead atoms. The number of thiophene rings is 1. The van der Waals surface area contributed by atoms with E-state index in [4.69, 9.17) is 0 Å². The summed E-state index contributed by atoms with van der Waals surface area (Å²) in [6.45, 7) is 2.22. The lowest BCUT2D eigenvalue weighted by Crippen LogP contribution is -2.48. The predicted molar refractivity (Wildman–Crippen MR) is 94.8 cm³/mol. The van der Waals surface area contributed by atoms with E-state index in [1.54, 1.807) is 4.68 Å². The Labute approximate surface area is 148 Å². The Morgan fingerprint density at radius 3 is 2.68 bits per heavy atom. The number of aryl methyl sites for hydroxylation is 2. The van der Waals surface area contributed by atoms with Gasteiger partial charge in [0.1, 0.15) is 10.9 Å². The van der Waals surface area contributed by atoms with Crippen molar-refractivity contribution in [3.05, 3.63) is 52.0 Å². The van der Waals surface area contributed by atoms with Gasteiger partial charge in [0, 0.05) is 25.4 Å². The van der Waals surface area contributed by atoms with Gasteiger partial charge in [-0.1, -0.05) is 24.3 Å². The topological polar surface area (TPSA) is 75.4 Å². The first-order chi connectivity index (χ1) is 12.0. The molecule has 0 fully saturated rings. The number of carboxylic acids is 1. The Bertz CT molecular complexity index is 970. The van der Waals surface area contributed by atoms with Crippen molar-refractivity contribution in [2.75, 3.05) is 0 Å². The molecule has 1 amide bonds. The normalized spacial score (nSPS) is 16.9. The maximum Gasteiger partial charge on any atom is 0.326 e. The second-order valence-corrected chi connectivity index (χ2v) is 7.33. The first kappa shape index (κ1) is 15.8. The van der Waals surface area contributed by atoms with E-state index in [9.17, 15) is 14.7 Å². The molecule has 128 valence electrons. The standard InChI is InChI=1S/C18H17N3O3S/c1-10-13-8-15(25-17(13)20(2)19-10)16(22)21-9-12-6-4-3-5-11(12)7-14(21)18(23)24/h3-6,8,14H,7,9H2,1-2H3,(H,23,24). The maximum atomic E-state index is 13.1. The van der Waals surface area contributed by atoms with E-state index in [1.165, 1.54) is 16.2 Å². The van der Waals surface area contributed by atoms with Gasteiger partial charge in [-0.25, -0.2) is 4.79 Å². The van der Waals surface area contributed by atoms with Gasteiger partial charge < -0.3 is 10.0 Å². The van der Waals surface area contributed by atoms with E-state index in [0.717, 1.165) is 27.0 Å². The fourth-order valence-electron chi connectivity index (χ4n) is 3.41. The van der Waals surface area contributed by atoms with Gasteiger partial charge in [-0.3, -0.25) is 9.48 Å². The fourth-order valence-corrected chi connectivity index (χ4v) is 4.49. The molecule has 0 saturated carbocycles. The van der Waals surface area contributed by atoms with Crippen LogP contribution in [0.2, 0.25) is 0 Å². The number of aromatic nitrogens is 2. The molecule has 25 heavy (non-hydrogen) atoms. The molecule has 1 atom stereocenters. The minimum Gasteiger partial charge on any atom is -0.480 e. The van der Waals surface area contributed by atoms with E-state index in [0.29, 0.717) is 17.8 Å². The van der Waals surface area contributed by atoms with E-state index in [2.05, 4.69) is 5.10 Å². The second kappa shape index (κ2) is 5.70. The number of benzene rings is 1. The SMILES string of the molecule is Cc1nn(C)c2sc(C(=O)N3Cc4ccccc4CC3C(=O)O)cc12. The van der Waals surface area contributed by atoms with Gasteiger partial charge >= 0.3 is 5.97 Å². The van der Waals surface area contributed by atoms with Gasteiger partial charge in [-0.15, -0.1) is 11.3 Å². The van der Waals surface area contributed by atoms with Crippen LogP contribution in [0.3, 0.4) is 0 Å². The van der Waals surface area contributed by atoms with Crippen molar-refractivity contribution >= 4 is 33.4 Å². The predicted octanol–water partition coefficient (Wildman–Crippen LogP) is 2.59. The summed E-state index contributed by atoms with van der Waals surface area (Å²) in [5.74, 6) is -1.20. The van der Waals surface area contributed by atoms with E-state index in [-0.39, 0.29) is 5.91 Å². The minimum atomic E-state index is -0.971. The van der Waals surface area contributed by atoms with Gasteiger partial charge in [-0.2, -0.15) is 5.10 Å². The van der Waals surface area contributed by atoms with Crippen molar-refractivity contribution in [1.29, 1.82) is 0 Å². The van der Waals surface area contributed by atoms with Crippen LogP contribution in [0.4, 0.5) is 0 Å². The molecule has 1 aliphatic rings. The molecule has 7 heteroatoms. The van der Waals surface area contributed by atoms with Crippen molar-refractivity contribution in [3.8, 4) is 0 Å². The van der Waals surface area contributed by atoms with E-state index >= 15 is 0 Å². The molecule has 1 N–H and O–H groups in total. The van der Waals surface area contributed by atoms with Crippen LogP contribution < -0.4 is 0 Å². The smallest absolute Gasteiger partial charge is 0.326 e. The number of rotatable bonds is 2.